The highest BCUT2D eigenvalue weighted by Crippen LogP contribution is 2.24. The van der Waals surface area contributed by atoms with Gasteiger partial charge in [-0.15, -0.1) is 0 Å². The second kappa shape index (κ2) is 6.85. The Hall–Kier alpha value is -2.41. The normalized spacial score (nSPS) is 17.5. The number of nitrogens with one attached hydrogen (secondary N) is 1. The number of nitrogens with two attached hydrogens (primary N) is 1. The third-order valence-electron chi connectivity index (χ3n) is 3.11. The van der Waals surface area contributed by atoms with E-state index >= 15 is 0 Å². The van der Waals surface area contributed by atoms with Crippen molar-refractivity contribution in [2.75, 3.05) is 25.3 Å². The van der Waals surface area contributed by atoms with E-state index < -0.39 is 11.9 Å². The van der Waals surface area contributed by atoms with Crippen LogP contribution in [0.4, 0.5) is 5.69 Å². The molecule has 21 heavy (non-hydrogen) atoms. The molecular weight excluding hydrogens is 272 g/mol. The van der Waals surface area contributed by atoms with E-state index in [1.54, 1.807) is 7.11 Å². The van der Waals surface area contributed by atoms with E-state index in [1.165, 1.54) is 5.01 Å². The van der Waals surface area contributed by atoms with Gasteiger partial charge in [-0.3, -0.25) is 14.6 Å². The smallest absolute Gasteiger partial charge is 0.267 e. The van der Waals surface area contributed by atoms with Gasteiger partial charge in [-0.25, -0.2) is 0 Å². The number of primary amides is 1. The summed E-state index contributed by atoms with van der Waals surface area (Å²) in [5.74, 6) is -0.820. The van der Waals surface area contributed by atoms with Gasteiger partial charge < -0.3 is 15.8 Å². The Morgan fingerprint density at radius 2 is 2.14 bits per heavy atom. The first kappa shape index (κ1) is 15.0. The van der Waals surface area contributed by atoms with Crippen molar-refractivity contribution in [2.45, 2.75) is 12.5 Å². The number of benzene rings is 1. The van der Waals surface area contributed by atoms with Gasteiger partial charge in [-0.05, 0) is 12.1 Å². The lowest BCUT2D eigenvalue weighted by Crippen LogP contribution is -2.40. The zero-order valence-corrected chi connectivity index (χ0v) is 11.8. The predicted molar refractivity (Wildman–Crippen MR) is 78.8 cm³/mol. The van der Waals surface area contributed by atoms with Crippen molar-refractivity contribution in [1.29, 1.82) is 0 Å². The summed E-state index contributed by atoms with van der Waals surface area (Å²) < 4.78 is 4.87. The van der Waals surface area contributed by atoms with Crippen LogP contribution in [0.5, 0.6) is 0 Å². The predicted octanol–water partition coefficient (Wildman–Crippen LogP) is -0.131. The minimum absolute atomic E-state index is 0.197. The van der Waals surface area contributed by atoms with Gasteiger partial charge in [0.15, 0.2) is 0 Å². The van der Waals surface area contributed by atoms with E-state index in [2.05, 4.69) is 10.4 Å². The third kappa shape index (κ3) is 3.57. The fourth-order valence-electron chi connectivity index (χ4n) is 2.06. The Labute approximate surface area is 122 Å². The summed E-state index contributed by atoms with van der Waals surface area (Å²) in [4.78, 5) is 23.6. The number of methoxy groups -OCH3 is 1. The van der Waals surface area contributed by atoms with Crippen LogP contribution in [0.2, 0.25) is 0 Å². The Kier molecular flexibility index (Phi) is 4.89. The molecule has 0 aliphatic carbocycles. The molecule has 0 bridgehead atoms. The first-order valence-electron chi connectivity index (χ1n) is 6.61. The van der Waals surface area contributed by atoms with Crippen LogP contribution in [0.15, 0.2) is 35.4 Å². The molecule has 1 heterocycles. The van der Waals surface area contributed by atoms with E-state index in [4.69, 9.17) is 10.5 Å². The maximum atomic E-state index is 12.0. The molecule has 3 N–H and O–H groups in total. The molecule has 1 unspecified atom stereocenters. The van der Waals surface area contributed by atoms with Crippen LogP contribution in [0.3, 0.4) is 0 Å². The largest absolute Gasteiger partial charge is 0.383 e. The number of anilines is 1. The molecular formula is C14H18N4O3. The van der Waals surface area contributed by atoms with E-state index in [0.717, 1.165) is 5.69 Å². The molecule has 0 fully saturated rings. The Bertz CT molecular complexity index is 544. The summed E-state index contributed by atoms with van der Waals surface area (Å²) in [6.07, 6.45) is 0.197. The van der Waals surface area contributed by atoms with Crippen LogP contribution in [-0.4, -0.2) is 43.8 Å². The average molecular weight is 290 g/mol. The highest BCUT2D eigenvalue weighted by atomic mass is 16.5. The topological polar surface area (TPSA) is 97.0 Å². The van der Waals surface area contributed by atoms with Gasteiger partial charge >= 0.3 is 0 Å². The maximum Gasteiger partial charge on any atom is 0.267 e. The first-order valence-corrected chi connectivity index (χ1v) is 6.61. The minimum atomic E-state index is -0.643. The van der Waals surface area contributed by atoms with Crippen LogP contribution in [-0.2, 0) is 14.3 Å². The van der Waals surface area contributed by atoms with Gasteiger partial charge in [-0.2, -0.15) is 5.10 Å². The first-order chi connectivity index (χ1) is 10.1. The number of nitrogens with zero attached hydrogens (tertiary/aromatic N) is 2. The monoisotopic (exact) mass is 290 g/mol. The summed E-state index contributed by atoms with van der Waals surface area (Å²) in [6, 6.07) is 8.51. The SMILES string of the molecule is COCCNC(=O)C1=NN(c2ccccc2)C(C(N)=O)C1. The van der Waals surface area contributed by atoms with Crippen molar-refractivity contribution < 1.29 is 14.3 Å². The zero-order chi connectivity index (χ0) is 15.2. The van der Waals surface area contributed by atoms with Crippen LogP contribution >= 0.6 is 0 Å². The number of carbonyl (C=O) groups excluding carboxylic acids is 2. The zero-order valence-electron chi connectivity index (χ0n) is 11.8. The van der Waals surface area contributed by atoms with Gasteiger partial charge in [0.25, 0.3) is 5.91 Å². The van der Waals surface area contributed by atoms with Crippen molar-refractivity contribution in [3.05, 3.63) is 30.3 Å². The van der Waals surface area contributed by atoms with Gasteiger partial charge in [0.1, 0.15) is 11.8 Å². The summed E-state index contributed by atoms with van der Waals surface area (Å²) in [5, 5.41) is 8.41. The van der Waals surface area contributed by atoms with Crippen molar-refractivity contribution in [3.8, 4) is 0 Å². The van der Waals surface area contributed by atoms with E-state index in [1.807, 2.05) is 30.3 Å². The van der Waals surface area contributed by atoms with Gasteiger partial charge in [-0.1, -0.05) is 18.2 Å². The molecule has 0 aromatic heterocycles. The number of hydrogen-bond donors (Lipinski definition) is 2. The molecule has 7 heteroatoms. The molecule has 7 nitrogen and oxygen atoms in total. The molecule has 2 amide bonds. The molecule has 1 aromatic rings. The molecule has 2 rings (SSSR count). The second-order valence-electron chi connectivity index (χ2n) is 4.60. The number of rotatable bonds is 6. The second-order valence-corrected chi connectivity index (χ2v) is 4.60. The highest BCUT2D eigenvalue weighted by molar-refractivity contribution is 6.40. The Balaban J connectivity index is 2.14. The maximum absolute atomic E-state index is 12.0. The van der Waals surface area contributed by atoms with Crippen molar-refractivity contribution in [1.82, 2.24) is 5.32 Å². The quantitative estimate of drug-likeness (QED) is 0.713. The van der Waals surface area contributed by atoms with Gasteiger partial charge in [0, 0.05) is 20.1 Å². The summed E-state index contributed by atoms with van der Waals surface area (Å²) >= 11 is 0. The fourth-order valence-corrected chi connectivity index (χ4v) is 2.06. The van der Waals surface area contributed by atoms with Gasteiger partial charge in [0.05, 0.1) is 12.3 Å². The molecule has 112 valence electrons. The molecule has 0 spiro atoms. The number of hydrogen-bond acceptors (Lipinski definition) is 5. The molecule has 0 saturated carbocycles. The lowest BCUT2D eigenvalue weighted by molar-refractivity contribution is -0.119. The average Bonchev–Trinajstić information content (AvgIpc) is 2.94. The number of carbonyl (C=O) groups is 2. The van der Waals surface area contributed by atoms with Crippen LogP contribution in [0, 0.1) is 0 Å². The van der Waals surface area contributed by atoms with E-state index in [0.29, 0.717) is 18.9 Å². The number of amides is 2. The molecule has 1 aliphatic rings. The van der Waals surface area contributed by atoms with E-state index in [9.17, 15) is 9.59 Å². The van der Waals surface area contributed by atoms with Crippen molar-refractivity contribution >= 4 is 23.2 Å². The van der Waals surface area contributed by atoms with Gasteiger partial charge in [0.2, 0.25) is 5.91 Å². The molecule has 0 radical (unpaired) electrons. The molecule has 1 aromatic carbocycles. The van der Waals surface area contributed by atoms with Crippen LogP contribution in [0.1, 0.15) is 6.42 Å². The molecule has 1 aliphatic heterocycles. The van der Waals surface area contributed by atoms with Crippen LogP contribution in [0.25, 0.3) is 0 Å². The van der Waals surface area contributed by atoms with E-state index in [-0.39, 0.29) is 12.3 Å². The number of para-hydroxylation sites is 1. The summed E-state index contributed by atoms with van der Waals surface area (Å²) in [5.41, 5.74) is 6.42. The Morgan fingerprint density at radius 3 is 2.76 bits per heavy atom. The number of hydrazone groups is 1. The minimum Gasteiger partial charge on any atom is -0.383 e. The number of ether oxygens (including phenoxy) is 1. The lowest BCUT2D eigenvalue weighted by Gasteiger charge is -2.20. The summed E-state index contributed by atoms with van der Waals surface area (Å²) in [6.45, 7) is 0.807. The highest BCUT2D eigenvalue weighted by Gasteiger charge is 2.34. The molecule has 1 atom stereocenters. The standard InChI is InChI=1S/C14H18N4O3/c1-21-8-7-16-14(20)11-9-12(13(15)19)18(17-11)10-5-3-2-4-6-10/h2-6,12H,7-9H2,1H3,(H2,15,19)(H,16,20). The fraction of sp³-hybridized carbons (Fsp3) is 0.357. The summed E-state index contributed by atoms with van der Waals surface area (Å²) in [7, 11) is 1.56. The Morgan fingerprint density at radius 1 is 1.43 bits per heavy atom. The van der Waals surface area contributed by atoms with Crippen molar-refractivity contribution in [2.24, 2.45) is 10.8 Å². The molecule has 0 saturated heterocycles. The van der Waals surface area contributed by atoms with Crippen molar-refractivity contribution in [3.63, 3.8) is 0 Å². The van der Waals surface area contributed by atoms with Crippen LogP contribution < -0.4 is 16.1 Å². The lowest BCUT2D eigenvalue weighted by atomic mass is 10.1. The third-order valence-corrected chi connectivity index (χ3v) is 3.11.